The number of anilines is 1. The topological polar surface area (TPSA) is 64.4 Å². The van der Waals surface area contributed by atoms with Crippen LogP contribution in [0.1, 0.15) is 6.42 Å². The third kappa shape index (κ3) is 3.82. The second kappa shape index (κ2) is 6.56. The minimum Gasteiger partial charge on any atom is -0.455 e. The monoisotopic (exact) mass is 256 g/mol. The maximum atomic E-state index is 11.6. The molecule has 3 N–H and O–H groups in total. The average molecular weight is 256 g/mol. The summed E-state index contributed by atoms with van der Waals surface area (Å²) >= 11 is 0. The van der Waals surface area contributed by atoms with Gasteiger partial charge in [-0.15, -0.1) is 0 Å². The van der Waals surface area contributed by atoms with E-state index in [0.717, 1.165) is 5.75 Å². The zero-order chi connectivity index (χ0) is 13.5. The molecule has 0 bridgehead atoms. The molecule has 0 aliphatic rings. The van der Waals surface area contributed by atoms with Crippen molar-refractivity contribution >= 4 is 11.6 Å². The molecule has 0 aromatic heterocycles. The normalized spacial score (nSPS) is 9.95. The quantitative estimate of drug-likeness (QED) is 0.864. The van der Waals surface area contributed by atoms with Crippen LogP contribution in [-0.4, -0.2) is 12.5 Å². The van der Waals surface area contributed by atoms with Gasteiger partial charge in [0, 0.05) is 13.0 Å². The molecule has 0 unspecified atom stereocenters. The Morgan fingerprint density at radius 2 is 1.74 bits per heavy atom. The van der Waals surface area contributed by atoms with Crippen molar-refractivity contribution in [1.29, 1.82) is 0 Å². The standard InChI is InChI=1S/C15H16N2O2/c16-11-10-15(18)17-13-8-4-5-9-14(13)19-12-6-2-1-3-7-12/h1-9H,10-11,16H2,(H,17,18). The molecule has 0 spiro atoms. The fraction of sp³-hybridized carbons (Fsp3) is 0.133. The van der Waals surface area contributed by atoms with Gasteiger partial charge in [0.2, 0.25) is 5.91 Å². The van der Waals surface area contributed by atoms with Crippen LogP contribution in [0, 0.1) is 0 Å². The minimum absolute atomic E-state index is 0.119. The number of nitrogens with two attached hydrogens (primary N) is 1. The SMILES string of the molecule is NCCC(=O)Nc1ccccc1Oc1ccccc1. The van der Waals surface area contributed by atoms with Gasteiger partial charge in [-0.05, 0) is 24.3 Å². The fourth-order valence-electron chi connectivity index (χ4n) is 1.62. The molecule has 0 radical (unpaired) electrons. The van der Waals surface area contributed by atoms with Gasteiger partial charge in [-0.25, -0.2) is 0 Å². The highest BCUT2D eigenvalue weighted by atomic mass is 16.5. The number of amides is 1. The van der Waals surface area contributed by atoms with Crippen LogP contribution in [-0.2, 0) is 4.79 Å². The summed E-state index contributed by atoms with van der Waals surface area (Å²) in [7, 11) is 0. The smallest absolute Gasteiger partial charge is 0.225 e. The van der Waals surface area contributed by atoms with E-state index in [1.807, 2.05) is 48.5 Å². The van der Waals surface area contributed by atoms with E-state index in [9.17, 15) is 4.79 Å². The summed E-state index contributed by atoms with van der Waals surface area (Å²) in [5, 5.41) is 2.79. The van der Waals surface area contributed by atoms with Gasteiger partial charge < -0.3 is 15.8 Å². The van der Waals surface area contributed by atoms with Crippen LogP contribution in [0.5, 0.6) is 11.5 Å². The molecular formula is C15H16N2O2. The molecule has 2 aromatic carbocycles. The highest BCUT2D eigenvalue weighted by Crippen LogP contribution is 2.29. The zero-order valence-corrected chi connectivity index (χ0v) is 10.5. The predicted molar refractivity (Wildman–Crippen MR) is 75.3 cm³/mol. The summed E-state index contributed by atoms with van der Waals surface area (Å²) < 4.78 is 5.74. The van der Waals surface area contributed by atoms with E-state index in [2.05, 4.69) is 5.32 Å². The Morgan fingerprint density at radius 1 is 1.05 bits per heavy atom. The van der Waals surface area contributed by atoms with E-state index in [0.29, 0.717) is 24.4 Å². The second-order valence-electron chi connectivity index (χ2n) is 4.00. The Bertz CT molecular complexity index is 541. The summed E-state index contributed by atoms with van der Waals surface area (Å²) in [5.74, 6) is 1.22. The zero-order valence-electron chi connectivity index (χ0n) is 10.5. The van der Waals surface area contributed by atoms with Crippen molar-refractivity contribution < 1.29 is 9.53 Å². The van der Waals surface area contributed by atoms with Crippen molar-refractivity contribution in [3.05, 3.63) is 54.6 Å². The van der Waals surface area contributed by atoms with Crippen molar-refractivity contribution in [2.45, 2.75) is 6.42 Å². The average Bonchev–Trinajstić information content (AvgIpc) is 2.42. The Morgan fingerprint density at radius 3 is 2.47 bits per heavy atom. The van der Waals surface area contributed by atoms with Crippen molar-refractivity contribution in [2.24, 2.45) is 5.73 Å². The van der Waals surface area contributed by atoms with Crippen LogP contribution < -0.4 is 15.8 Å². The van der Waals surface area contributed by atoms with Crippen LogP contribution in [0.4, 0.5) is 5.69 Å². The Kier molecular flexibility index (Phi) is 4.53. The van der Waals surface area contributed by atoms with Crippen LogP contribution in [0.2, 0.25) is 0 Å². The lowest BCUT2D eigenvalue weighted by molar-refractivity contribution is -0.116. The Hall–Kier alpha value is -2.33. The van der Waals surface area contributed by atoms with E-state index in [1.54, 1.807) is 6.07 Å². The maximum absolute atomic E-state index is 11.6. The molecule has 0 atom stereocenters. The number of benzene rings is 2. The highest BCUT2D eigenvalue weighted by Gasteiger charge is 2.07. The lowest BCUT2D eigenvalue weighted by Gasteiger charge is -2.11. The summed E-state index contributed by atoms with van der Waals surface area (Å²) in [5.41, 5.74) is 6.00. The van der Waals surface area contributed by atoms with Crippen LogP contribution in [0.15, 0.2) is 54.6 Å². The first kappa shape index (κ1) is 13.1. The van der Waals surface area contributed by atoms with E-state index in [1.165, 1.54) is 0 Å². The molecule has 0 saturated heterocycles. The molecule has 1 amide bonds. The molecule has 0 aliphatic heterocycles. The summed E-state index contributed by atoms with van der Waals surface area (Å²) in [6.45, 7) is 0.327. The first-order chi connectivity index (χ1) is 9.29. The number of rotatable bonds is 5. The van der Waals surface area contributed by atoms with Crippen LogP contribution >= 0.6 is 0 Å². The van der Waals surface area contributed by atoms with Crippen molar-refractivity contribution in [1.82, 2.24) is 0 Å². The summed E-state index contributed by atoms with van der Waals surface area (Å²) in [6.07, 6.45) is 0.291. The van der Waals surface area contributed by atoms with Gasteiger partial charge in [-0.3, -0.25) is 4.79 Å². The van der Waals surface area contributed by atoms with Gasteiger partial charge >= 0.3 is 0 Å². The molecule has 98 valence electrons. The first-order valence-corrected chi connectivity index (χ1v) is 6.11. The molecule has 2 rings (SSSR count). The van der Waals surface area contributed by atoms with Gasteiger partial charge in [-0.1, -0.05) is 30.3 Å². The van der Waals surface area contributed by atoms with E-state index in [4.69, 9.17) is 10.5 Å². The molecule has 4 heteroatoms. The third-order valence-electron chi connectivity index (χ3n) is 2.50. The summed E-state index contributed by atoms with van der Waals surface area (Å²) in [6, 6.07) is 16.7. The van der Waals surface area contributed by atoms with Gasteiger partial charge in [0.15, 0.2) is 5.75 Å². The molecule has 0 aliphatic carbocycles. The van der Waals surface area contributed by atoms with Gasteiger partial charge in [0.25, 0.3) is 0 Å². The van der Waals surface area contributed by atoms with E-state index >= 15 is 0 Å². The van der Waals surface area contributed by atoms with Crippen molar-refractivity contribution in [3.8, 4) is 11.5 Å². The van der Waals surface area contributed by atoms with Crippen LogP contribution in [0.25, 0.3) is 0 Å². The molecular weight excluding hydrogens is 240 g/mol. The number of hydrogen-bond donors (Lipinski definition) is 2. The van der Waals surface area contributed by atoms with E-state index < -0.39 is 0 Å². The Labute approximate surface area is 112 Å². The van der Waals surface area contributed by atoms with Crippen molar-refractivity contribution in [2.75, 3.05) is 11.9 Å². The van der Waals surface area contributed by atoms with Gasteiger partial charge in [-0.2, -0.15) is 0 Å². The van der Waals surface area contributed by atoms with Gasteiger partial charge in [0.1, 0.15) is 5.75 Å². The largest absolute Gasteiger partial charge is 0.455 e. The van der Waals surface area contributed by atoms with Gasteiger partial charge in [0.05, 0.1) is 5.69 Å². The minimum atomic E-state index is -0.119. The molecule has 19 heavy (non-hydrogen) atoms. The highest BCUT2D eigenvalue weighted by molar-refractivity contribution is 5.92. The molecule has 4 nitrogen and oxygen atoms in total. The fourth-order valence-corrected chi connectivity index (χ4v) is 1.62. The number of carbonyl (C=O) groups is 1. The van der Waals surface area contributed by atoms with E-state index in [-0.39, 0.29) is 5.91 Å². The number of carbonyl (C=O) groups excluding carboxylic acids is 1. The lowest BCUT2D eigenvalue weighted by atomic mass is 10.2. The number of para-hydroxylation sites is 3. The predicted octanol–water partition coefficient (Wildman–Crippen LogP) is 2.77. The summed E-state index contributed by atoms with van der Waals surface area (Å²) in [4.78, 5) is 11.6. The van der Waals surface area contributed by atoms with Crippen LogP contribution in [0.3, 0.4) is 0 Å². The molecule has 0 heterocycles. The maximum Gasteiger partial charge on any atom is 0.225 e. The number of hydrogen-bond acceptors (Lipinski definition) is 3. The van der Waals surface area contributed by atoms with Crippen molar-refractivity contribution in [3.63, 3.8) is 0 Å². The third-order valence-corrected chi connectivity index (χ3v) is 2.50. The lowest BCUT2D eigenvalue weighted by Crippen LogP contribution is -2.16. The first-order valence-electron chi connectivity index (χ1n) is 6.11. The Balaban J connectivity index is 2.14. The molecule has 0 saturated carbocycles. The molecule has 2 aromatic rings. The number of nitrogens with one attached hydrogen (secondary N) is 1. The number of ether oxygens (including phenoxy) is 1. The molecule has 0 fully saturated rings. The second-order valence-corrected chi connectivity index (χ2v) is 4.00.